The molecule has 25 heavy (non-hydrogen) atoms. The van der Waals surface area contributed by atoms with Crippen molar-refractivity contribution in [2.75, 3.05) is 6.54 Å². The fourth-order valence-corrected chi connectivity index (χ4v) is 2.59. The van der Waals surface area contributed by atoms with Gasteiger partial charge in [0.05, 0.1) is 6.54 Å². The molecule has 0 aliphatic rings. The second-order valence-electron chi connectivity index (χ2n) is 6.19. The number of aliphatic carboxylic acids is 1. The van der Waals surface area contributed by atoms with E-state index in [9.17, 15) is 14.4 Å². The van der Waals surface area contributed by atoms with Crippen LogP contribution in [0.4, 0.5) is 0 Å². The van der Waals surface area contributed by atoms with E-state index < -0.39 is 23.8 Å². The van der Waals surface area contributed by atoms with Gasteiger partial charge in [-0.2, -0.15) is 0 Å². The number of carboxylic acid groups (broad SMARTS) is 1. The summed E-state index contributed by atoms with van der Waals surface area (Å²) in [4.78, 5) is 38.1. The van der Waals surface area contributed by atoms with Crippen LogP contribution in [0.2, 0.25) is 5.02 Å². The number of aromatic amines is 1. The van der Waals surface area contributed by atoms with Gasteiger partial charge in [-0.15, -0.1) is 0 Å². The first-order valence-electron chi connectivity index (χ1n) is 7.85. The van der Waals surface area contributed by atoms with Crippen LogP contribution in [0.15, 0.2) is 24.3 Å². The lowest BCUT2D eigenvalue weighted by Gasteiger charge is -2.16. The Morgan fingerprint density at radius 3 is 2.60 bits per heavy atom. The summed E-state index contributed by atoms with van der Waals surface area (Å²) in [6.07, 6.45) is 0.317. The quantitative estimate of drug-likeness (QED) is 0.602. The van der Waals surface area contributed by atoms with E-state index >= 15 is 0 Å². The van der Waals surface area contributed by atoms with Crippen molar-refractivity contribution in [3.63, 3.8) is 0 Å². The molecular formula is C17H20ClN3O4. The third kappa shape index (κ3) is 5.22. The van der Waals surface area contributed by atoms with Crippen LogP contribution in [-0.4, -0.2) is 40.5 Å². The van der Waals surface area contributed by atoms with E-state index in [1.165, 1.54) is 0 Å². The molecule has 134 valence electrons. The van der Waals surface area contributed by atoms with E-state index in [-0.39, 0.29) is 12.5 Å². The normalized spacial score (nSPS) is 12.2. The Balaban J connectivity index is 1.93. The van der Waals surface area contributed by atoms with Crippen LogP contribution < -0.4 is 10.6 Å². The average molecular weight is 366 g/mol. The molecule has 8 heteroatoms. The number of hydrogen-bond donors (Lipinski definition) is 4. The molecule has 0 unspecified atom stereocenters. The van der Waals surface area contributed by atoms with E-state index in [1.54, 1.807) is 24.3 Å². The third-order valence-corrected chi connectivity index (χ3v) is 3.81. The van der Waals surface area contributed by atoms with Gasteiger partial charge in [-0.25, -0.2) is 4.79 Å². The first-order chi connectivity index (χ1) is 11.8. The molecule has 1 aromatic heterocycles. The zero-order valence-corrected chi connectivity index (χ0v) is 14.7. The maximum Gasteiger partial charge on any atom is 0.326 e. The Morgan fingerprint density at radius 2 is 1.96 bits per heavy atom. The average Bonchev–Trinajstić information content (AvgIpc) is 2.94. The van der Waals surface area contributed by atoms with Gasteiger partial charge in [0.2, 0.25) is 5.91 Å². The summed E-state index contributed by atoms with van der Waals surface area (Å²) in [7, 11) is 0. The maximum absolute atomic E-state index is 12.1. The lowest BCUT2D eigenvalue weighted by atomic mass is 10.0. The summed E-state index contributed by atoms with van der Waals surface area (Å²) in [6, 6.07) is 5.87. The van der Waals surface area contributed by atoms with Gasteiger partial charge in [0.1, 0.15) is 11.7 Å². The summed E-state index contributed by atoms with van der Waals surface area (Å²) in [5.74, 6) is -1.99. The van der Waals surface area contributed by atoms with Crippen molar-refractivity contribution >= 4 is 40.3 Å². The fraction of sp³-hybridized carbons (Fsp3) is 0.353. The number of aromatic nitrogens is 1. The van der Waals surface area contributed by atoms with Crippen LogP contribution in [0, 0.1) is 5.92 Å². The first kappa shape index (κ1) is 18.8. The Hall–Kier alpha value is -2.54. The number of halogens is 1. The predicted molar refractivity (Wildman–Crippen MR) is 94.7 cm³/mol. The molecular weight excluding hydrogens is 346 g/mol. The van der Waals surface area contributed by atoms with E-state index in [1.807, 2.05) is 13.8 Å². The molecule has 0 fully saturated rings. The number of rotatable bonds is 7. The van der Waals surface area contributed by atoms with Crippen LogP contribution in [0.3, 0.4) is 0 Å². The summed E-state index contributed by atoms with van der Waals surface area (Å²) >= 11 is 5.90. The molecule has 0 spiro atoms. The highest BCUT2D eigenvalue weighted by molar-refractivity contribution is 6.31. The number of carboxylic acids is 1. The van der Waals surface area contributed by atoms with Gasteiger partial charge in [-0.05, 0) is 30.5 Å². The van der Waals surface area contributed by atoms with Gasteiger partial charge in [-0.1, -0.05) is 31.5 Å². The number of benzene rings is 1. The zero-order chi connectivity index (χ0) is 18.6. The van der Waals surface area contributed by atoms with E-state index in [0.717, 1.165) is 5.39 Å². The van der Waals surface area contributed by atoms with E-state index in [2.05, 4.69) is 15.6 Å². The topological polar surface area (TPSA) is 111 Å². The number of hydrogen-bond acceptors (Lipinski definition) is 3. The van der Waals surface area contributed by atoms with Crippen molar-refractivity contribution in [1.82, 2.24) is 15.6 Å². The molecule has 0 aliphatic carbocycles. The molecule has 7 nitrogen and oxygen atoms in total. The molecule has 4 N–H and O–H groups in total. The van der Waals surface area contributed by atoms with Crippen LogP contribution in [0.5, 0.6) is 0 Å². The zero-order valence-electron chi connectivity index (χ0n) is 13.9. The summed E-state index contributed by atoms with van der Waals surface area (Å²) < 4.78 is 0. The van der Waals surface area contributed by atoms with Crippen molar-refractivity contribution in [3.8, 4) is 0 Å². The van der Waals surface area contributed by atoms with Gasteiger partial charge in [-0.3, -0.25) is 9.59 Å². The second-order valence-corrected chi connectivity index (χ2v) is 6.62. The molecule has 0 aliphatic heterocycles. The highest BCUT2D eigenvalue weighted by atomic mass is 35.5. The van der Waals surface area contributed by atoms with Crippen LogP contribution >= 0.6 is 11.6 Å². The number of H-pyrrole nitrogens is 1. The number of carbonyl (C=O) groups is 3. The van der Waals surface area contributed by atoms with Gasteiger partial charge in [0.25, 0.3) is 5.91 Å². The lowest BCUT2D eigenvalue weighted by molar-refractivity contribution is -0.142. The summed E-state index contributed by atoms with van der Waals surface area (Å²) in [6.45, 7) is 3.43. The molecule has 1 atom stereocenters. The molecule has 1 aromatic carbocycles. The maximum atomic E-state index is 12.1. The number of carbonyl (C=O) groups excluding carboxylic acids is 2. The van der Waals surface area contributed by atoms with Gasteiger partial charge in [0, 0.05) is 15.9 Å². The molecule has 2 rings (SSSR count). The van der Waals surface area contributed by atoms with E-state index in [4.69, 9.17) is 16.7 Å². The molecule has 0 bridgehead atoms. The molecule has 2 aromatic rings. The van der Waals surface area contributed by atoms with Crippen LogP contribution in [0.1, 0.15) is 30.8 Å². The third-order valence-electron chi connectivity index (χ3n) is 3.58. The van der Waals surface area contributed by atoms with Gasteiger partial charge < -0.3 is 20.7 Å². The minimum absolute atomic E-state index is 0.120. The largest absolute Gasteiger partial charge is 0.480 e. The summed E-state index contributed by atoms with van der Waals surface area (Å²) in [5, 5.41) is 15.4. The van der Waals surface area contributed by atoms with Crippen molar-refractivity contribution in [3.05, 3.63) is 35.0 Å². The van der Waals surface area contributed by atoms with Crippen molar-refractivity contribution in [2.45, 2.75) is 26.3 Å². The molecule has 0 saturated carbocycles. The van der Waals surface area contributed by atoms with Crippen molar-refractivity contribution < 1.29 is 19.5 Å². The van der Waals surface area contributed by atoms with Crippen LogP contribution in [-0.2, 0) is 9.59 Å². The SMILES string of the molecule is CC(C)C[C@H](NC(=O)CNC(=O)c1cc2ccc(Cl)cc2[nH]1)C(=O)O. The molecule has 2 amide bonds. The van der Waals surface area contributed by atoms with Crippen LogP contribution in [0.25, 0.3) is 10.9 Å². The van der Waals surface area contributed by atoms with Gasteiger partial charge >= 0.3 is 5.97 Å². The Kier molecular flexibility index (Phi) is 6.03. The smallest absolute Gasteiger partial charge is 0.326 e. The Labute approximate surface area is 149 Å². The molecule has 0 radical (unpaired) electrons. The number of nitrogens with one attached hydrogen (secondary N) is 3. The number of fused-ring (bicyclic) bond motifs is 1. The minimum Gasteiger partial charge on any atom is -0.480 e. The summed E-state index contributed by atoms with van der Waals surface area (Å²) in [5.41, 5.74) is 1.01. The van der Waals surface area contributed by atoms with Crippen molar-refractivity contribution in [2.24, 2.45) is 5.92 Å². The highest BCUT2D eigenvalue weighted by Gasteiger charge is 2.21. The van der Waals surface area contributed by atoms with Gasteiger partial charge in [0.15, 0.2) is 0 Å². The monoisotopic (exact) mass is 365 g/mol. The Bertz CT molecular complexity index is 800. The lowest BCUT2D eigenvalue weighted by Crippen LogP contribution is -2.46. The molecule has 0 saturated heterocycles. The Morgan fingerprint density at radius 1 is 1.24 bits per heavy atom. The van der Waals surface area contributed by atoms with E-state index in [0.29, 0.717) is 22.7 Å². The number of amides is 2. The fourth-order valence-electron chi connectivity index (χ4n) is 2.42. The van der Waals surface area contributed by atoms with Crippen molar-refractivity contribution in [1.29, 1.82) is 0 Å². The molecule has 1 heterocycles. The highest BCUT2D eigenvalue weighted by Crippen LogP contribution is 2.19. The minimum atomic E-state index is -1.10. The predicted octanol–water partition coefficient (Wildman–Crippen LogP) is 2.17. The first-order valence-corrected chi connectivity index (χ1v) is 8.22. The second kappa shape index (κ2) is 8.02. The standard InChI is InChI=1S/C17H20ClN3O4/c1-9(2)5-14(17(24)25)21-15(22)8-19-16(23)13-6-10-3-4-11(18)7-12(10)20-13/h3-4,6-7,9,14,20H,5,8H2,1-2H3,(H,19,23)(H,21,22)(H,24,25)/t14-/m0/s1.